The summed E-state index contributed by atoms with van der Waals surface area (Å²) in [5.74, 6) is 0.0929. The van der Waals surface area contributed by atoms with E-state index in [-0.39, 0.29) is 11.3 Å². The molecule has 5 rings (SSSR count). The van der Waals surface area contributed by atoms with Crippen LogP contribution in [0.4, 0.5) is 0 Å². The number of fused-ring (bicyclic) bond motifs is 3. The molecule has 1 fully saturated rings. The maximum absolute atomic E-state index is 12.4. The summed E-state index contributed by atoms with van der Waals surface area (Å²) in [6, 6.07) is 14.5. The van der Waals surface area contributed by atoms with Gasteiger partial charge in [0, 0.05) is 60.7 Å². The lowest BCUT2D eigenvalue weighted by Crippen LogP contribution is -2.33. The SMILES string of the molecule is N#CCCC(=O)N1CCC2(CCn3nc(-c4cnc5ccccc5c4)cc32)C1. The number of amides is 1. The van der Waals surface area contributed by atoms with E-state index in [0.717, 1.165) is 54.6 Å². The average molecular weight is 371 g/mol. The number of benzene rings is 1. The number of para-hydroxylation sites is 1. The fraction of sp³-hybridized carbons (Fsp3) is 0.364. The molecule has 1 aromatic carbocycles. The van der Waals surface area contributed by atoms with E-state index in [1.807, 2.05) is 29.3 Å². The molecule has 2 aliphatic rings. The summed E-state index contributed by atoms with van der Waals surface area (Å²) in [7, 11) is 0. The Morgan fingerprint density at radius 2 is 2.07 bits per heavy atom. The van der Waals surface area contributed by atoms with Crippen molar-refractivity contribution in [1.82, 2.24) is 19.7 Å². The Labute approximate surface area is 163 Å². The van der Waals surface area contributed by atoms with Crippen molar-refractivity contribution in [3.8, 4) is 17.3 Å². The van der Waals surface area contributed by atoms with Crippen LogP contribution in [0.2, 0.25) is 0 Å². The van der Waals surface area contributed by atoms with Crippen molar-refractivity contribution < 1.29 is 4.79 Å². The second kappa shape index (κ2) is 6.45. The van der Waals surface area contributed by atoms with Crippen LogP contribution in [-0.2, 0) is 16.8 Å². The Balaban J connectivity index is 1.43. The van der Waals surface area contributed by atoms with Crippen molar-refractivity contribution in [3.05, 3.63) is 48.3 Å². The lowest BCUT2D eigenvalue weighted by atomic mass is 9.82. The third-order valence-corrected chi connectivity index (χ3v) is 6.17. The van der Waals surface area contributed by atoms with E-state index in [9.17, 15) is 4.79 Å². The predicted octanol–water partition coefficient (Wildman–Crippen LogP) is 3.28. The van der Waals surface area contributed by atoms with E-state index in [0.29, 0.717) is 12.8 Å². The van der Waals surface area contributed by atoms with Crippen LogP contribution >= 0.6 is 0 Å². The second-order valence-electron chi connectivity index (χ2n) is 7.81. The highest BCUT2D eigenvalue weighted by Crippen LogP contribution is 2.44. The molecule has 2 aromatic heterocycles. The number of aromatic nitrogens is 3. The molecule has 0 radical (unpaired) electrons. The minimum Gasteiger partial charge on any atom is -0.342 e. The summed E-state index contributed by atoms with van der Waals surface area (Å²) in [6.45, 7) is 2.39. The summed E-state index contributed by atoms with van der Waals surface area (Å²) < 4.78 is 2.10. The molecule has 1 saturated heterocycles. The van der Waals surface area contributed by atoms with Crippen molar-refractivity contribution in [2.75, 3.05) is 13.1 Å². The molecule has 0 bridgehead atoms. The van der Waals surface area contributed by atoms with Gasteiger partial charge in [0.25, 0.3) is 0 Å². The summed E-state index contributed by atoms with van der Waals surface area (Å²) >= 11 is 0. The Hall–Kier alpha value is -3.20. The molecular weight excluding hydrogens is 350 g/mol. The molecule has 140 valence electrons. The third kappa shape index (κ3) is 2.66. The van der Waals surface area contributed by atoms with Crippen molar-refractivity contribution in [2.24, 2.45) is 0 Å². The van der Waals surface area contributed by atoms with Gasteiger partial charge in [0.2, 0.25) is 5.91 Å². The molecule has 1 unspecified atom stereocenters. The van der Waals surface area contributed by atoms with Gasteiger partial charge in [0.1, 0.15) is 0 Å². The first-order valence-corrected chi connectivity index (χ1v) is 9.77. The molecular formula is C22H21N5O. The smallest absolute Gasteiger partial charge is 0.223 e. The first-order chi connectivity index (χ1) is 13.7. The Bertz CT molecular complexity index is 1110. The van der Waals surface area contributed by atoms with Gasteiger partial charge in [0.15, 0.2) is 0 Å². The van der Waals surface area contributed by atoms with Crippen LogP contribution in [0, 0.1) is 11.3 Å². The minimum atomic E-state index is -0.00215. The van der Waals surface area contributed by atoms with Crippen LogP contribution in [0.25, 0.3) is 22.2 Å². The number of rotatable bonds is 3. The van der Waals surface area contributed by atoms with Gasteiger partial charge in [-0.3, -0.25) is 14.5 Å². The lowest BCUT2D eigenvalue weighted by Gasteiger charge is -2.23. The van der Waals surface area contributed by atoms with Crippen LogP contribution in [0.1, 0.15) is 31.4 Å². The highest BCUT2D eigenvalue weighted by atomic mass is 16.2. The molecule has 28 heavy (non-hydrogen) atoms. The summed E-state index contributed by atoms with van der Waals surface area (Å²) in [4.78, 5) is 18.8. The van der Waals surface area contributed by atoms with Crippen LogP contribution < -0.4 is 0 Å². The van der Waals surface area contributed by atoms with Crippen molar-refractivity contribution in [1.29, 1.82) is 5.26 Å². The van der Waals surface area contributed by atoms with Gasteiger partial charge in [-0.1, -0.05) is 18.2 Å². The number of aryl methyl sites for hydroxylation is 1. The minimum absolute atomic E-state index is 0.00215. The van der Waals surface area contributed by atoms with Gasteiger partial charge in [-0.25, -0.2) is 0 Å². The van der Waals surface area contributed by atoms with Gasteiger partial charge in [-0.15, -0.1) is 0 Å². The highest BCUT2D eigenvalue weighted by Gasteiger charge is 2.46. The zero-order valence-corrected chi connectivity index (χ0v) is 15.6. The number of carbonyl (C=O) groups excluding carboxylic acids is 1. The van der Waals surface area contributed by atoms with Crippen LogP contribution in [-0.4, -0.2) is 38.7 Å². The number of likely N-dealkylation sites (tertiary alicyclic amines) is 1. The van der Waals surface area contributed by atoms with E-state index in [4.69, 9.17) is 10.4 Å². The van der Waals surface area contributed by atoms with Gasteiger partial charge < -0.3 is 4.90 Å². The number of pyridine rings is 1. The standard InChI is InChI=1S/C22H21N5O/c23-9-3-6-21(28)26-10-7-22(15-26)8-11-27-20(22)13-19(25-27)17-12-16-4-1-2-5-18(16)24-14-17/h1-2,4-5,12-14H,3,6-8,10-11,15H2. The molecule has 6 nitrogen and oxygen atoms in total. The molecule has 2 aliphatic heterocycles. The van der Waals surface area contributed by atoms with Crippen LogP contribution in [0.15, 0.2) is 42.6 Å². The monoisotopic (exact) mass is 371 g/mol. The molecule has 1 spiro atoms. The average Bonchev–Trinajstić information content (AvgIpc) is 3.43. The first kappa shape index (κ1) is 16.9. The molecule has 3 aromatic rings. The number of hydrogen-bond acceptors (Lipinski definition) is 4. The highest BCUT2D eigenvalue weighted by molar-refractivity contribution is 5.83. The molecule has 0 saturated carbocycles. The van der Waals surface area contributed by atoms with Gasteiger partial charge in [-0.2, -0.15) is 10.4 Å². The number of nitrogens with zero attached hydrogens (tertiary/aromatic N) is 5. The fourth-order valence-electron chi connectivity index (χ4n) is 4.63. The third-order valence-electron chi connectivity index (χ3n) is 6.17. The fourth-order valence-corrected chi connectivity index (χ4v) is 4.63. The van der Waals surface area contributed by atoms with E-state index >= 15 is 0 Å². The maximum Gasteiger partial charge on any atom is 0.223 e. The van der Waals surface area contributed by atoms with Gasteiger partial charge in [0.05, 0.1) is 17.3 Å². The normalized spacial score (nSPS) is 20.6. The molecule has 1 atom stereocenters. The maximum atomic E-state index is 12.4. The van der Waals surface area contributed by atoms with E-state index in [1.54, 1.807) is 0 Å². The summed E-state index contributed by atoms with van der Waals surface area (Å²) in [5.41, 5.74) is 4.18. The first-order valence-electron chi connectivity index (χ1n) is 9.77. The lowest BCUT2D eigenvalue weighted by molar-refractivity contribution is -0.130. The Kier molecular flexibility index (Phi) is 3.90. The van der Waals surface area contributed by atoms with E-state index in [2.05, 4.69) is 33.9 Å². The molecule has 6 heteroatoms. The van der Waals surface area contributed by atoms with Crippen LogP contribution in [0.5, 0.6) is 0 Å². The zero-order chi connectivity index (χ0) is 19.1. The van der Waals surface area contributed by atoms with Gasteiger partial charge in [-0.05, 0) is 31.0 Å². The second-order valence-corrected chi connectivity index (χ2v) is 7.81. The summed E-state index contributed by atoms with van der Waals surface area (Å²) in [5, 5.41) is 14.7. The van der Waals surface area contributed by atoms with Crippen molar-refractivity contribution in [3.63, 3.8) is 0 Å². The summed E-state index contributed by atoms with van der Waals surface area (Å²) in [6.07, 6.45) is 4.48. The Morgan fingerprint density at radius 1 is 1.21 bits per heavy atom. The number of nitriles is 1. The van der Waals surface area contributed by atoms with Crippen molar-refractivity contribution >= 4 is 16.8 Å². The van der Waals surface area contributed by atoms with E-state index < -0.39 is 0 Å². The molecule has 4 heterocycles. The molecule has 0 N–H and O–H groups in total. The Morgan fingerprint density at radius 3 is 2.96 bits per heavy atom. The molecule has 0 aliphatic carbocycles. The number of hydrogen-bond donors (Lipinski definition) is 0. The molecule has 1 amide bonds. The van der Waals surface area contributed by atoms with Crippen molar-refractivity contribution in [2.45, 2.75) is 37.6 Å². The largest absolute Gasteiger partial charge is 0.342 e. The van der Waals surface area contributed by atoms with Gasteiger partial charge >= 0.3 is 0 Å². The van der Waals surface area contributed by atoms with Crippen LogP contribution in [0.3, 0.4) is 0 Å². The zero-order valence-electron chi connectivity index (χ0n) is 15.6. The predicted molar refractivity (Wildman–Crippen MR) is 105 cm³/mol. The quantitative estimate of drug-likeness (QED) is 0.708. The number of carbonyl (C=O) groups is 1. The van der Waals surface area contributed by atoms with E-state index in [1.165, 1.54) is 5.69 Å². The topological polar surface area (TPSA) is 74.8 Å².